The number of halogens is 3. The molecule has 23 heavy (non-hydrogen) atoms. The van der Waals surface area contributed by atoms with Crippen LogP contribution in [0.15, 0.2) is 38.2 Å². The Labute approximate surface area is 126 Å². The highest BCUT2D eigenvalue weighted by atomic mass is 19.4. The number of hydrogen-bond acceptors (Lipinski definition) is 6. The summed E-state index contributed by atoms with van der Waals surface area (Å²) in [6, 6.07) is 4.21. The van der Waals surface area contributed by atoms with Gasteiger partial charge in [-0.2, -0.15) is 18.2 Å². The molecule has 3 rings (SSSR count). The largest absolute Gasteiger partial charge is 0.471 e. The third-order valence-corrected chi connectivity index (χ3v) is 2.93. The van der Waals surface area contributed by atoms with Crippen molar-refractivity contribution in [2.24, 2.45) is 0 Å². The fraction of sp³-hybridized carbons (Fsp3) is 0.231. The van der Waals surface area contributed by atoms with Crippen molar-refractivity contribution in [1.82, 2.24) is 19.9 Å². The zero-order valence-corrected chi connectivity index (χ0v) is 11.7. The van der Waals surface area contributed by atoms with Crippen LogP contribution in [-0.2, 0) is 12.7 Å². The minimum absolute atomic E-state index is 0.127. The summed E-state index contributed by atoms with van der Waals surface area (Å²) in [7, 11) is 0. The standard InChI is InChI=1S/C13H9F3N4O3/c1-7-4-9(18-22-7)6-20-3-2-8(5-10(20)21)11-17-12(23-19-11)13(14,15)16/h2-5H,6H2,1H3. The van der Waals surface area contributed by atoms with Crippen LogP contribution in [0.25, 0.3) is 11.4 Å². The van der Waals surface area contributed by atoms with E-state index in [1.54, 1.807) is 13.0 Å². The maximum absolute atomic E-state index is 12.4. The number of aryl methyl sites for hydroxylation is 1. The van der Waals surface area contributed by atoms with Crippen LogP contribution in [0.5, 0.6) is 0 Å². The molecule has 0 atom stereocenters. The normalized spacial score (nSPS) is 11.8. The second-order valence-electron chi connectivity index (χ2n) is 4.73. The van der Waals surface area contributed by atoms with E-state index in [0.717, 1.165) is 6.07 Å². The molecule has 0 saturated carbocycles. The summed E-state index contributed by atoms with van der Waals surface area (Å²) in [5.74, 6) is -1.16. The second kappa shape index (κ2) is 5.38. The lowest BCUT2D eigenvalue weighted by atomic mass is 10.2. The number of aromatic nitrogens is 4. The van der Waals surface area contributed by atoms with E-state index in [1.165, 1.54) is 16.8 Å². The summed E-state index contributed by atoms with van der Waals surface area (Å²) in [5.41, 5.74) is 0.236. The van der Waals surface area contributed by atoms with Gasteiger partial charge in [-0.25, -0.2) is 0 Å². The fourth-order valence-electron chi connectivity index (χ4n) is 1.90. The van der Waals surface area contributed by atoms with E-state index < -0.39 is 17.6 Å². The zero-order chi connectivity index (χ0) is 16.6. The van der Waals surface area contributed by atoms with E-state index in [4.69, 9.17) is 4.52 Å². The van der Waals surface area contributed by atoms with Crippen molar-refractivity contribution in [2.45, 2.75) is 19.6 Å². The van der Waals surface area contributed by atoms with Gasteiger partial charge in [0.25, 0.3) is 5.56 Å². The lowest BCUT2D eigenvalue weighted by Crippen LogP contribution is -2.19. The van der Waals surface area contributed by atoms with Crippen LogP contribution >= 0.6 is 0 Å². The van der Waals surface area contributed by atoms with Crippen LogP contribution in [0.1, 0.15) is 17.3 Å². The maximum Gasteiger partial charge on any atom is 0.471 e. The van der Waals surface area contributed by atoms with Crippen LogP contribution in [0.2, 0.25) is 0 Å². The van der Waals surface area contributed by atoms with Crippen molar-refractivity contribution in [3.8, 4) is 11.4 Å². The van der Waals surface area contributed by atoms with E-state index in [1.807, 2.05) is 0 Å². The van der Waals surface area contributed by atoms with Crippen molar-refractivity contribution >= 4 is 0 Å². The van der Waals surface area contributed by atoms with Crippen molar-refractivity contribution in [3.63, 3.8) is 0 Å². The Morgan fingerprint density at radius 2 is 2.00 bits per heavy atom. The Bertz CT molecular complexity index is 894. The molecule has 0 N–H and O–H groups in total. The fourth-order valence-corrected chi connectivity index (χ4v) is 1.90. The topological polar surface area (TPSA) is 87.0 Å². The first-order valence-electron chi connectivity index (χ1n) is 6.37. The van der Waals surface area contributed by atoms with Crippen molar-refractivity contribution in [3.05, 3.63) is 52.1 Å². The molecule has 0 radical (unpaired) electrons. The van der Waals surface area contributed by atoms with Gasteiger partial charge in [0.2, 0.25) is 5.82 Å². The minimum Gasteiger partial charge on any atom is -0.361 e. The third-order valence-electron chi connectivity index (χ3n) is 2.93. The van der Waals surface area contributed by atoms with Crippen molar-refractivity contribution < 1.29 is 22.2 Å². The lowest BCUT2D eigenvalue weighted by molar-refractivity contribution is -0.159. The summed E-state index contributed by atoms with van der Waals surface area (Å²) >= 11 is 0. The van der Waals surface area contributed by atoms with Crippen molar-refractivity contribution in [2.75, 3.05) is 0 Å². The number of rotatable bonds is 3. The highest BCUT2D eigenvalue weighted by molar-refractivity contribution is 5.52. The molecular formula is C13H9F3N4O3. The number of nitrogens with zero attached hydrogens (tertiary/aromatic N) is 4. The molecule has 0 bridgehead atoms. The highest BCUT2D eigenvalue weighted by Crippen LogP contribution is 2.29. The molecule has 3 aromatic heterocycles. The first kappa shape index (κ1) is 15.0. The first-order chi connectivity index (χ1) is 10.8. The monoisotopic (exact) mass is 326 g/mol. The number of alkyl halides is 3. The van der Waals surface area contributed by atoms with Crippen LogP contribution in [0, 0.1) is 6.92 Å². The van der Waals surface area contributed by atoms with Gasteiger partial charge in [-0.15, -0.1) is 0 Å². The van der Waals surface area contributed by atoms with E-state index in [0.29, 0.717) is 11.5 Å². The average molecular weight is 326 g/mol. The minimum atomic E-state index is -4.73. The van der Waals surface area contributed by atoms with Crippen molar-refractivity contribution in [1.29, 1.82) is 0 Å². The van der Waals surface area contributed by atoms with Gasteiger partial charge in [0.15, 0.2) is 0 Å². The van der Waals surface area contributed by atoms with E-state index >= 15 is 0 Å². The highest BCUT2D eigenvalue weighted by Gasteiger charge is 2.38. The third kappa shape index (κ3) is 3.15. The van der Waals surface area contributed by atoms with E-state index in [9.17, 15) is 18.0 Å². The zero-order valence-electron chi connectivity index (χ0n) is 11.7. The van der Waals surface area contributed by atoms with Gasteiger partial charge < -0.3 is 13.6 Å². The van der Waals surface area contributed by atoms with Gasteiger partial charge in [0.05, 0.1) is 6.54 Å². The molecule has 120 valence electrons. The SMILES string of the molecule is Cc1cc(Cn2ccc(-c3noc(C(F)(F)F)n3)cc2=O)no1. The molecule has 3 heterocycles. The molecule has 0 aliphatic carbocycles. The quantitative estimate of drug-likeness (QED) is 0.734. The Balaban J connectivity index is 1.87. The Hall–Kier alpha value is -2.91. The van der Waals surface area contributed by atoms with E-state index in [-0.39, 0.29) is 17.9 Å². The maximum atomic E-state index is 12.4. The predicted octanol–water partition coefficient (Wildman–Crippen LogP) is 2.26. The summed E-state index contributed by atoms with van der Waals surface area (Å²) in [6.07, 6.45) is -3.32. The molecule has 0 amide bonds. The Kier molecular flexibility index (Phi) is 3.51. The van der Waals surface area contributed by atoms with Crippen LogP contribution in [0.3, 0.4) is 0 Å². The van der Waals surface area contributed by atoms with Gasteiger partial charge in [-0.05, 0) is 13.0 Å². The molecule has 7 nitrogen and oxygen atoms in total. The average Bonchev–Trinajstić information content (AvgIpc) is 3.10. The molecule has 0 aliphatic rings. The van der Waals surface area contributed by atoms with Gasteiger partial charge in [0, 0.05) is 23.9 Å². The molecule has 0 saturated heterocycles. The van der Waals surface area contributed by atoms with Gasteiger partial charge in [-0.3, -0.25) is 4.79 Å². The smallest absolute Gasteiger partial charge is 0.361 e. The molecule has 0 fully saturated rings. The molecular weight excluding hydrogens is 317 g/mol. The predicted molar refractivity (Wildman–Crippen MR) is 69.3 cm³/mol. The van der Waals surface area contributed by atoms with Crippen LogP contribution < -0.4 is 5.56 Å². The van der Waals surface area contributed by atoms with Crippen LogP contribution in [0.4, 0.5) is 13.2 Å². The van der Waals surface area contributed by atoms with Gasteiger partial charge >= 0.3 is 12.1 Å². The summed E-state index contributed by atoms with van der Waals surface area (Å²) < 4.78 is 47.6. The second-order valence-corrected chi connectivity index (χ2v) is 4.73. The number of hydrogen-bond donors (Lipinski definition) is 0. The Morgan fingerprint density at radius 1 is 1.22 bits per heavy atom. The first-order valence-corrected chi connectivity index (χ1v) is 6.37. The summed E-state index contributed by atoms with van der Waals surface area (Å²) in [6.45, 7) is 1.90. The summed E-state index contributed by atoms with van der Waals surface area (Å²) in [5, 5.41) is 6.99. The molecule has 0 unspecified atom stereocenters. The molecule has 0 aromatic carbocycles. The Morgan fingerprint density at radius 3 is 2.57 bits per heavy atom. The molecule has 0 aliphatic heterocycles. The number of pyridine rings is 1. The van der Waals surface area contributed by atoms with Gasteiger partial charge in [-0.1, -0.05) is 10.3 Å². The molecule has 10 heteroatoms. The van der Waals surface area contributed by atoms with Crippen LogP contribution in [-0.4, -0.2) is 19.9 Å². The van der Waals surface area contributed by atoms with E-state index in [2.05, 4.69) is 19.8 Å². The van der Waals surface area contributed by atoms with Gasteiger partial charge in [0.1, 0.15) is 11.5 Å². The lowest BCUT2D eigenvalue weighted by Gasteiger charge is -2.03. The molecule has 0 spiro atoms. The molecule has 3 aromatic rings. The summed E-state index contributed by atoms with van der Waals surface area (Å²) in [4.78, 5) is 15.3.